The fourth-order valence-electron chi connectivity index (χ4n) is 5.57. The van der Waals surface area contributed by atoms with E-state index in [2.05, 4.69) is 53.2 Å². The first-order chi connectivity index (χ1) is 19.6. The number of thioether (sulfide) groups is 1. The number of carbonyl (C=O) groups excluding carboxylic acids is 1. The van der Waals surface area contributed by atoms with Crippen LogP contribution in [0.15, 0.2) is 105 Å². The molecule has 2 atom stereocenters. The number of halogens is 1. The molecule has 1 aliphatic heterocycles. The molecule has 0 unspecified atom stereocenters. The molecule has 0 N–H and O–H groups in total. The molecule has 1 saturated carbocycles. The van der Waals surface area contributed by atoms with Crippen molar-refractivity contribution >= 4 is 61.3 Å². The Morgan fingerprint density at radius 1 is 0.950 bits per heavy atom. The SMILES string of the molecule is C[C@@H]1CCCC[C@@H]1N1C(=O)/C(=C/c2c(OCc3ccc(Br)cc3)ccc3ccccc23)SC1=Nc1ccccc1. The van der Waals surface area contributed by atoms with E-state index < -0.39 is 0 Å². The molecule has 202 valence electrons. The molecule has 1 aliphatic carbocycles. The number of aliphatic imine (C=N–C) groups is 1. The zero-order valence-corrected chi connectivity index (χ0v) is 24.8. The minimum atomic E-state index is 0.0326. The van der Waals surface area contributed by atoms with Gasteiger partial charge < -0.3 is 4.74 Å². The Labute approximate surface area is 248 Å². The van der Waals surface area contributed by atoms with Crippen molar-refractivity contribution in [1.82, 2.24) is 4.90 Å². The van der Waals surface area contributed by atoms with Crippen LogP contribution in [-0.4, -0.2) is 22.0 Å². The summed E-state index contributed by atoms with van der Waals surface area (Å²) in [6.45, 7) is 2.71. The number of nitrogens with zero attached hydrogens (tertiary/aromatic N) is 2. The number of hydrogen-bond acceptors (Lipinski definition) is 4. The molecule has 2 aliphatic rings. The summed E-state index contributed by atoms with van der Waals surface area (Å²) in [7, 11) is 0. The molecule has 0 aromatic heterocycles. The smallest absolute Gasteiger partial charge is 0.267 e. The molecule has 40 heavy (non-hydrogen) atoms. The first-order valence-corrected chi connectivity index (χ1v) is 15.4. The molecule has 2 fully saturated rings. The lowest BCUT2D eigenvalue weighted by atomic mass is 9.85. The second kappa shape index (κ2) is 12.0. The second-order valence-electron chi connectivity index (χ2n) is 10.5. The van der Waals surface area contributed by atoms with Crippen molar-refractivity contribution in [1.29, 1.82) is 0 Å². The maximum Gasteiger partial charge on any atom is 0.267 e. The van der Waals surface area contributed by atoms with E-state index in [-0.39, 0.29) is 11.9 Å². The summed E-state index contributed by atoms with van der Waals surface area (Å²) in [6.07, 6.45) is 6.51. The fourth-order valence-corrected chi connectivity index (χ4v) is 6.86. The zero-order chi connectivity index (χ0) is 27.5. The number of ether oxygens (including phenoxy) is 1. The molecule has 4 aromatic carbocycles. The highest BCUT2D eigenvalue weighted by molar-refractivity contribution is 9.10. The van der Waals surface area contributed by atoms with E-state index in [1.165, 1.54) is 18.2 Å². The average Bonchev–Trinajstić information content (AvgIpc) is 3.28. The number of hydrogen-bond donors (Lipinski definition) is 0. The molecule has 6 rings (SSSR count). The monoisotopic (exact) mass is 610 g/mol. The van der Waals surface area contributed by atoms with Gasteiger partial charge >= 0.3 is 0 Å². The number of amides is 1. The topological polar surface area (TPSA) is 41.9 Å². The van der Waals surface area contributed by atoms with Gasteiger partial charge in [0.25, 0.3) is 5.91 Å². The lowest BCUT2D eigenvalue weighted by Crippen LogP contribution is -2.44. The van der Waals surface area contributed by atoms with Crippen molar-refractivity contribution in [2.24, 2.45) is 10.9 Å². The van der Waals surface area contributed by atoms with Gasteiger partial charge in [-0.1, -0.05) is 96.4 Å². The third-order valence-electron chi connectivity index (χ3n) is 7.73. The summed E-state index contributed by atoms with van der Waals surface area (Å²) in [4.78, 5) is 21.7. The van der Waals surface area contributed by atoms with Crippen LogP contribution in [0.4, 0.5) is 5.69 Å². The van der Waals surface area contributed by atoms with Crippen LogP contribution in [-0.2, 0) is 11.4 Å². The number of rotatable bonds is 6. The normalized spacial score (nSPS) is 21.4. The Balaban J connectivity index is 1.40. The molecule has 4 aromatic rings. The highest BCUT2D eigenvalue weighted by Gasteiger charge is 2.41. The summed E-state index contributed by atoms with van der Waals surface area (Å²) in [5.74, 6) is 1.22. The van der Waals surface area contributed by atoms with Crippen LogP contribution >= 0.6 is 27.7 Å². The molecular weight excluding hydrogens is 580 g/mol. The van der Waals surface area contributed by atoms with E-state index in [4.69, 9.17) is 9.73 Å². The van der Waals surface area contributed by atoms with Crippen molar-refractivity contribution in [3.05, 3.63) is 112 Å². The number of amidine groups is 1. The van der Waals surface area contributed by atoms with Crippen LogP contribution in [0.25, 0.3) is 16.8 Å². The van der Waals surface area contributed by atoms with E-state index in [1.54, 1.807) is 0 Å². The van der Waals surface area contributed by atoms with Crippen molar-refractivity contribution < 1.29 is 9.53 Å². The summed E-state index contributed by atoms with van der Waals surface area (Å²) in [6, 6.07) is 30.6. The second-order valence-corrected chi connectivity index (χ2v) is 12.4. The van der Waals surface area contributed by atoms with Gasteiger partial charge in [-0.2, -0.15) is 0 Å². The fraction of sp³-hybridized carbons (Fsp3) is 0.235. The van der Waals surface area contributed by atoms with E-state index in [9.17, 15) is 4.79 Å². The van der Waals surface area contributed by atoms with Crippen LogP contribution in [0.1, 0.15) is 43.7 Å². The highest BCUT2D eigenvalue weighted by Crippen LogP contribution is 2.42. The largest absolute Gasteiger partial charge is 0.488 e. The lowest BCUT2D eigenvalue weighted by molar-refractivity contribution is -0.124. The van der Waals surface area contributed by atoms with E-state index >= 15 is 0 Å². The number of benzene rings is 4. The Morgan fingerprint density at radius 2 is 1.70 bits per heavy atom. The zero-order valence-electron chi connectivity index (χ0n) is 22.4. The summed E-state index contributed by atoms with van der Waals surface area (Å²) in [5.41, 5.74) is 2.86. The van der Waals surface area contributed by atoms with Gasteiger partial charge in [-0.25, -0.2) is 4.99 Å². The lowest BCUT2D eigenvalue weighted by Gasteiger charge is -2.35. The van der Waals surface area contributed by atoms with Crippen molar-refractivity contribution in [2.45, 2.75) is 45.3 Å². The molecular formula is C34H31BrN2O2S. The maximum absolute atomic E-state index is 14.1. The predicted molar refractivity (Wildman–Crippen MR) is 170 cm³/mol. The van der Waals surface area contributed by atoms with Crippen molar-refractivity contribution in [3.8, 4) is 5.75 Å². The molecule has 1 heterocycles. The summed E-state index contributed by atoms with van der Waals surface area (Å²) in [5, 5.41) is 2.93. The van der Waals surface area contributed by atoms with Crippen molar-refractivity contribution in [3.63, 3.8) is 0 Å². The quantitative estimate of drug-likeness (QED) is 0.204. The Hall–Kier alpha value is -3.35. The highest BCUT2D eigenvalue weighted by atomic mass is 79.9. The summed E-state index contributed by atoms with van der Waals surface area (Å²) < 4.78 is 7.41. The van der Waals surface area contributed by atoms with Gasteiger partial charge in [-0.05, 0) is 83.3 Å². The summed E-state index contributed by atoms with van der Waals surface area (Å²) >= 11 is 4.97. The van der Waals surface area contributed by atoms with Gasteiger partial charge in [0.05, 0.1) is 10.6 Å². The number of para-hydroxylation sites is 1. The molecule has 0 radical (unpaired) electrons. The number of fused-ring (bicyclic) bond motifs is 1. The molecule has 0 bridgehead atoms. The third kappa shape index (κ3) is 5.74. The van der Waals surface area contributed by atoms with Gasteiger partial charge in [0.1, 0.15) is 12.4 Å². The number of carbonyl (C=O) groups is 1. The van der Waals surface area contributed by atoms with Gasteiger partial charge in [0.15, 0.2) is 5.17 Å². The Morgan fingerprint density at radius 3 is 2.50 bits per heavy atom. The van der Waals surface area contributed by atoms with Crippen LogP contribution < -0.4 is 4.74 Å². The molecule has 4 nitrogen and oxygen atoms in total. The first kappa shape index (κ1) is 26.9. The maximum atomic E-state index is 14.1. The molecule has 1 amide bonds. The van der Waals surface area contributed by atoms with E-state index in [0.29, 0.717) is 17.4 Å². The molecule has 0 spiro atoms. The Bertz CT molecular complexity index is 1580. The van der Waals surface area contributed by atoms with E-state index in [0.717, 1.165) is 62.2 Å². The van der Waals surface area contributed by atoms with Crippen LogP contribution in [0.5, 0.6) is 5.75 Å². The molecule has 6 heteroatoms. The van der Waals surface area contributed by atoms with Gasteiger partial charge in [0, 0.05) is 16.1 Å². The van der Waals surface area contributed by atoms with Crippen molar-refractivity contribution in [2.75, 3.05) is 0 Å². The van der Waals surface area contributed by atoms with Gasteiger partial charge in [-0.15, -0.1) is 0 Å². The minimum absolute atomic E-state index is 0.0326. The third-order valence-corrected chi connectivity index (χ3v) is 9.24. The van der Waals surface area contributed by atoms with Crippen LogP contribution in [0.2, 0.25) is 0 Å². The van der Waals surface area contributed by atoms with Crippen LogP contribution in [0.3, 0.4) is 0 Å². The molecule has 1 saturated heterocycles. The van der Waals surface area contributed by atoms with Gasteiger partial charge in [-0.3, -0.25) is 9.69 Å². The minimum Gasteiger partial charge on any atom is -0.488 e. The first-order valence-electron chi connectivity index (χ1n) is 13.8. The van der Waals surface area contributed by atoms with Gasteiger partial charge in [0.2, 0.25) is 0 Å². The van der Waals surface area contributed by atoms with Crippen LogP contribution in [0, 0.1) is 5.92 Å². The predicted octanol–water partition coefficient (Wildman–Crippen LogP) is 9.36. The average molecular weight is 612 g/mol. The van der Waals surface area contributed by atoms with E-state index in [1.807, 2.05) is 71.6 Å². The standard InChI is InChI=1S/C34H31BrN2O2S/c1-23-9-5-8-14-30(23)37-33(38)32(40-34(37)36-27-11-3-2-4-12-27)21-29-28-13-7-6-10-25(28)17-20-31(29)39-22-24-15-18-26(35)19-16-24/h2-4,6-7,10-13,15-21,23,30H,5,8-9,14,22H2,1H3/b32-21-,36-34?/t23-,30+/m1/s1. The Kier molecular flexibility index (Phi) is 8.08.